The molecule has 1 heterocycles. The van der Waals surface area contributed by atoms with Gasteiger partial charge >= 0.3 is 0 Å². The van der Waals surface area contributed by atoms with E-state index in [9.17, 15) is 10.1 Å². The van der Waals surface area contributed by atoms with Crippen molar-refractivity contribution in [3.63, 3.8) is 0 Å². The summed E-state index contributed by atoms with van der Waals surface area (Å²) in [6, 6.07) is 6.33. The van der Waals surface area contributed by atoms with Gasteiger partial charge in [0.25, 0.3) is 5.69 Å². The number of hydrogen-bond donors (Lipinski definition) is 0. The highest BCUT2D eigenvalue weighted by molar-refractivity contribution is 5.58. The summed E-state index contributed by atoms with van der Waals surface area (Å²) in [5.74, 6) is 0.462. The zero-order valence-corrected chi connectivity index (χ0v) is 10.2. The van der Waals surface area contributed by atoms with E-state index in [2.05, 4.69) is 15.2 Å². The van der Waals surface area contributed by atoms with Crippen LogP contribution in [-0.2, 0) is 12.8 Å². The van der Waals surface area contributed by atoms with Crippen molar-refractivity contribution in [1.82, 2.24) is 15.2 Å². The Morgan fingerprint density at radius 3 is 2.68 bits per heavy atom. The SMILES string of the molecule is O=[N+]([O-])c1cccc(-c2nnc3c(n2)CCCC3)c1. The summed E-state index contributed by atoms with van der Waals surface area (Å²) >= 11 is 0. The van der Waals surface area contributed by atoms with Gasteiger partial charge in [-0.15, -0.1) is 5.10 Å². The number of hydrogen-bond acceptors (Lipinski definition) is 5. The first-order valence-corrected chi connectivity index (χ1v) is 6.21. The third-order valence-electron chi connectivity index (χ3n) is 3.23. The first-order valence-electron chi connectivity index (χ1n) is 6.21. The van der Waals surface area contributed by atoms with Crippen LogP contribution in [0.5, 0.6) is 0 Å². The molecule has 19 heavy (non-hydrogen) atoms. The summed E-state index contributed by atoms with van der Waals surface area (Å²) in [5.41, 5.74) is 2.61. The van der Waals surface area contributed by atoms with Crippen LogP contribution in [0.15, 0.2) is 24.3 Å². The van der Waals surface area contributed by atoms with E-state index in [4.69, 9.17) is 0 Å². The zero-order chi connectivity index (χ0) is 13.2. The van der Waals surface area contributed by atoms with E-state index in [1.807, 2.05) is 0 Å². The second kappa shape index (κ2) is 4.72. The third kappa shape index (κ3) is 2.29. The average molecular weight is 256 g/mol. The largest absolute Gasteiger partial charge is 0.270 e. The van der Waals surface area contributed by atoms with Crippen LogP contribution in [0.25, 0.3) is 11.4 Å². The molecule has 0 saturated heterocycles. The first-order chi connectivity index (χ1) is 9.24. The highest BCUT2D eigenvalue weighted by atomic mass is 16.6. The van der Waals surface area contributed by atoms with Gasteiger partial charge in [-0.25, -0.2) is 4.98 Å². The van der Waals surface area contributed by atoms with Gasteiger partial charge in [0.2, 0.25) is 0 Å². The maximum absolute atomic E-state index is 10.8. The van der Waals surface area contributed by atoms with Crippen molar-refractivity contribution in [1.29, 1.82) is 0 Å². The zero-order valence-electron chi connectivity index (χ0n) is 10.2. The minimum absolute atomic E-state index is 0.0406. The molecule has 0 saturated carbocycles. The molecular weight excluding hydrogens is 244 g/mol. The van der Waals surface area contributed by atoms with Crippen molar-refractivity contribution in [3.8, 4) is 11.4 Å². The summed E-state index contributed by atoms with van der Waals surface area (Å²) in [4.78, 5) is 14.8. The highest BCUT2D eigenvalue weighted by Gasteiger charge is 2.15. The van der Waals surface area contributed by atoms with E-state index in [0.717, 1.165) is 37.1 Å². The van der Waals surface area contributed by atoms with Crippen molar-refractivity contribution in [2.75, 3.05) is 0 Å². The average Bonchev–Trinajstić information content (AvgIpc) is 2.47. The van der Waals surface area contributed by atoms with Crippen molar-refractivity contribution < 1.29 is 4.92 Å². The molecule has 0 aliphatic heterocycles. The molecule has 2 aromatic rings. The molecule has 6 nitrogen and oxygen atoms in total. The van der Waals surface area contributed by atoms with Crippen LogP contribution in [0.2, 0.25) is 0 Å². The molecule has 96 valence electrons. The predicted molar refractivity (Wildman–Crippen MR) is 68.6 cm³/mol. The normalized spacial score (nSPS) is 13.9. The summed E-state index contributed by atoms with van der Waals surface area (Å²) in [7, 11) is 0. The van der Waals surface area contributed by atoms with Crippen LogP contribution in [0, 0.1) is 10.1 Å². The minimum atomic E-state index is -0.421. The summed E-state index contributed by atoms with van der Waals surface area (Å²) < 4.78 is 0. The second-order valence-corrected chi connectivity index (χ2v) is 4.54. The number of aromatic nitrogens is 3. The number of non-ortho nitro benzene ring substituents is 1. The highest BCUT2D eigenvalue weighted by Crippen LogP contribution is 2.23. The van der Waals surface area contributed by atoms with E-state index in [-0.39, 0.29) is 5.69 Å². The molecule has 1 aromatic carbocycles. The monoisotopic (exact) mass is 256 g/mol. The molecule has 1 aliphatic rings. The van der Waals surface area contributed by atoms with Crippen LogP contribution in [0.3, 0.4) is 0 Å². The van der Waals surface area contributed by atoms with Crippen molar-refractivity contribution >= 4 is 5.69 Å². The second-order valence-electron chi connectivity index (χ2n) is 4.54. The van der Waals surface area contributed by atoms with Gasteiger partial charge in [-0.3, -0.25) is 10.1 Å². The van der Waals surface area contributed by atoms with E-state index in [1.54, 1.807) is 12.1 Å². The molecule has 0 radical (unpaired) electrons. The van der Waals surface area contributed by atoms with Gasteiger partial charge in [-0.2, -0.15) is 5.10 Å². The lowest BCUT2D eigenvalue weighted by Gasteiger charge is -2.13. The maximum Gasteiger partial charge on any atom is 0.270 e. The van der Waals surface area contributed by atoms with Gasteiger partial charge in [-0.05, 0) is 25.7 Å². The molecule has 0 fully saturated rings. The maximum atomic E-state index is 10.8. The molecule has 0 atom stereocenters. The lowest BCUT2D eigenvalue weighted by molar-refractivity contribution is -0.384. The van der Waals surface area contributed by atoms with Crippen molar-refractivity contribution in [2.45, 2.75) is 25.7 Å². The Hall–Kier alpha value is -2.37. The Balaban J connectivity index is 2.02. The molecule has 6 heteroatoms. The van der Waals surface area contributed by atoms with Gasteiger partial charge < -0.3 is 0 Å². The van der Waals surface area contributed by atoms with Crippen LogP contribution >= 0.6 is 0 Å². The lowest BCUT2D eigenvalue weighted by atomic mass is 10.0. The third-order valence-corrected chi connectivity index (χ3v) is 3.23. The quantitative estimate of drug-likeness (QED) is 0.608. The van der Waals surface area contributed by atoms with E-state index >= 15 is 0 Å². The molecule has 0 unspecified atom stereocenters. The number of nitro benzene ring substituents is 1. The summed E-state index contributed by atoms with van der Waals surface area (Å²) in [6.07, 6.45) is 4.07. The van der Waals surface area contributed by atoms with Gasteiger partial charge in [0.05, 0.1) is 16.3 Å². The van der Waals surface area contributed by atoms with E-state index < -0.39 is 4.92 Å². The number of rotatable bonds is 2. The van der Waals surface area contributed by atoms with E-state index in [0.29, 0.717) is 11.4 Å². The Labute approximate surface area is 109 Å². The number of benzene rings is 1. The minimum Gasteiger partial charge on any atom is -0.258 e. The van der Waals surface area contributed by atoms with Crippen molar-refractivity contribution in [3.05, 3.63) is 45.8 Å². The molecule has 1 aliphatic carbocycles. The number of nitro groups is 1. The molecule has 0 spiro atoms. The Morgan fingerprint density at radius 2 is 1.89 bits per heavy atom. The fourth-order valence-electron chi connectivity index (χ4n) is 2.24. The standard InChI is InChI=1S/C13H12N4O2/c18-17(19)10-5-3-4-9(8-10)13-14-11-6-1-2-7-12(11)15-16-13/h3-5,8H,1-2,6-7H2. The molecule has 0 N–H and O–H groups in total. The van der Waals surface area contributed by atoms with Crippen LogP contribution in [0.4, 0.5) is 5.69 Å². The number of fused-ring (bicyclic) bond motifs is 1. The Morgan fingerprint density at radius 1 is 1.11 bits per heavy atom. The van der Waals surface area contributed by atoms with E-state index in [1.165, 1.54) is 12.1 Å². The molecule has 0 amide bonds. The smallest absolute Gasteiger partial charge is 0.258 e. The van der Waals surface area contributed by atoms with Gasteiger partial charge in [0.1, 0.15) is 0 Å². The molecule has 0 bridgehead atoms. The number of aryl methyl sites for hydroxylation is 2. The van der Waals surface area contributed by atoms with Crippen LogP contribution < -0.4 is 0 Å². The fourth-order valence-corrected chi connectivity index (χ4v) is 2.24. The Bertz CT molecular complexity index is 642. The summed E-state index contributed by atoms with van der Waals surface area (Å²) in [6.45, 7) is 0. The summed E-state index contributed by atoms with van der Waals surface area (Å²) in [5, 5.41) is 19.0. The van der Waals surface area contributed by atoms with Gasteiger partial charge in [-0.1, -0.05) is 12.1 Å². The molecular formula is C13H12N4O2. The van der Waals surface area contributed by atoms with Crippen molar-refractivity contribution in [2.24, 2.45) is 0 Å². The Kier molecular flexibility index (Phi) is 2.91. The molecule has 3 rings (SSSR count). The van der Waals surface area contributed by atoms with Crippen LogP contribution in [-0.4, -0.2) is 20.1 Å². The van der Waals surface area contributed by atoms with Crippen LogP contribution in [0.1, 0.15) is 24.2 Å². The number of nitrogens with zero attached hydrogens (tertiary/aromatic N) is 4. The van der Waals surface area contributed by atoms with Gasteiger partial charge in [0, 0.05) is 17.7 Å². The predicted octanol–water partition coefficient (Wildman–Crippen LogP) is 2.33. The topological polar surface area (TPSA) is 81.8 Å². The molecule has 1 aromatic heterocycles. The lowest BCUT2D eigenvalue weighted by Crippen LogP contribution is -2.10. The van der Waals surface area contributed by atoms with Gasteiger partial charge in [0.15, 0.2) is 5.82 Å². The first kappa shape index (κ1) is 11.7. The fraction of sp³-hybridized carbons (Fsp3) is 0.308.